The van der Waals surface area contributed by atoms with Gasteiger partial charge in [0.1, 0.15) is 22.1 Å². The predicted molar refractivity (Wildman–Crippen MR) is 147 cm³/mol. The first-order chi connectivity index (χ1) is 19.3. The lowest BCUT2D eigenvalue weighted by molar-refractivity contribution is 0.0521. The minimum absolute atomic E-state index is 0.0500. The molecule has 212 valence electrons. The summed E-state index contributed by atoms with van der Waals surface area (Å²) in [5, 5.41) is 24.7. The Kier molecular flexibility index (Phi) is 8.39. The Morgan fingerprint density at radius 3 is 1.70 bits per heavy atom. The minimum atomic E-state index is -0.300. The molecule has 0 radical (unpaired) electrons. The number of amides is 2. The summed E-state index contributed by atoms with van der Waals surface area (Å²) in [4.78, 5) is 28.6. The molecule has 2 aromatic heterocycles. The average Bonchev–Trinajstić information content (AvgIpc) is 3.64. The summed E-state index contributed by atoms with van der Waals surface area (Å²) in [7, 11) is 3.69. The van der Waals surface area contributed by atoms with Crippen LogP contribution >= 0.6 is 0 Å². The predicted octanol–water partition coefficient (Wildman–Crippen LogP) is 4.47. The van der Waals surface area contributed by atoms with Gasteiger partial charge in [-0.1, -0.05) is 19.8 Å². The fourth-order valence-electron chi connectivity index (χ4n) is 5.81. The average molecular weight is 549 g/mol. The van der Waals surface area contributed by atoms with Crippen LogP contribution in [0.4, 0.5) is 0 Å². The SMILES string of the molecule is CN(C(=O)c1ccc2nonc2c1)[C@H]1CCC[C@@H](O)C1.C[C@H]1CCC[C@H](N(C)C(=O)c2ccc3nonc3c2)C1. The molecule has 11 nitrogen and oxygen atoms in total. The Hall–Kier alpha value is -3.86. The van der Waals surface area contributed by atoms with E-state index >= 15 is 0 Å². The van der Waals surface area contributed by atoms with E-state index in [1.165, 1.54) is 12.8 Å². The van der Waals surface area contributed by atoms with Crippen LogP contribution in [0.3, 0.4) is 0 Å². The van der Waals surface area contributed by atoms with E-state index in [0.29, 0.717) is 51.6 Å². The smallest absolute Gasteiger partial charge is 0.253 e. The number of carbonyl (C=O) groups excluding carboxylic acids is 2. The van der Waals surface area contributed by atoms with E-state index < -0.39 is 0 Å². The number of aliphatic hydroxyl groups excluding tert-OH is 1. The Labute approximate surface area is 232 Å². The molecule has 0 saturated heterocycles. The first-order valence-corrected chi connectivity index (χ1v) is 14.0. The summed E-state index contributed by atoms with van der Waals surface area (Å²) in [5.74, 6) is 0.689. The molecule has 1 N–H and O–H groups in total. The van der Waals surface area contributed by atoms with Crippen LogP contribution in [0.1, 0.15) is 79.0 Å². The first kappa shape index (κ1) is 27.7. The van der Waals surface area contributed by atoms with Crippen LogP contribution in [-0.4, -0.2) is 79.6 Å². The largest absolute Gasteiger partial charge is 0.393 e. The summed E-state index contributed by atoms with van der Waals surface area (Å²) >= 11 is 0. The third kappa shape index (κ3) is 6.14. The second-order valence-corrected chi connectivity index (χ2v) is 11.2. The number of fused-ring (bicyclic) bond motifs is 2. The molecule has 2 aromatic carbocycles. The number of benzene rings is 2. The summed E-state index contributed by atoms with van der Waals surface area (Å²) < 4.78 is 9.30. The van der Waals surface area contributed by atoms with Gasteiger partial charge in [0.25, 0.3) is 11.8 Å². The van der Waals surface area contributed by atoms with Gasteiger partial charge >= 0.3 is 0 Å². The summed E-state index contributed by atoms with van der Waals surface area (Å²) in [6.45, 7) is 2.26. The number of rotatable bonds is 4. The highest BCUT2D eigenvalue weighted by molar-refractivity contribution is 5.98. The lowest BCUT2D eigenvalue weighted by Gasteiger charge is -2.34. The van der Waals surface area contributed by atoms with E-state index in [2.05, 4.69) is 36.8 Å². The third-order valence-corrected chi connectivity index (χ3v) is 8.27. The zero-order valence-electron chi connectivity index (χ0n) is 23.2. The van der Waals surface area contributed by atoms with Gasteiger partial charge < -0.3 is 14.9 Å². The van der Waals surface area contributed by atoms with Crippen molar-refractivity contribution in [2.75, 3.05) is 14.1 Å². The molecule has 40 heavy (non-hydrogen) atoms. The Morgan fingerprint density at radius 1 is 0.725 bits per heavy atom. The van der Waals surface area contributed by atoms with Gasteiger partial charge in [-0.15, -0.1) is 0 Å². The van der Waals surface area contributed by atoms with Crippen LogP contribution in [0.15, 0.2) is 45.7 Å². The molecular formula is C29H36N6O5. The van der Waals surface area contributed by atoms with Gasteiger partial charge in [0.15, 0.2) is 0 Å². The molecule has 2 amide bonds. The molecule has 2 heterocycles. The van der Waals surface area contributed by atoms with Gasteiger partial charge in [-0.3, -0.25) is 9.59 Å². The standard InChI is InChI=1S/C15H19N3O2.C14H17N3O3/c1-10-4-3-5-12(8-10)18(2)15(19)11-6-7-13-14(9-11)17-20-16-13;1-17(10-3-2-4-11(18)8-10)14(19)9-5-6-12-13(7-9)16-20-15-12/h6-7,9-10,12H,3-5,8H2,1-2H3;5-7,10-11,18H,2-4,8H2,1H3/t10-,12-;10-,11+/m00/s1. The molecule has 2 aliphatic rings. The van der Waals surface area contributed by atoms with E-state index in [1.54, 1.807) is 48.3 Å². The second kappa shape index (κ2) is 12.1. The maximum absolute atomic E-state index is 12.6. The van der Waals surface area contributed by atoms with Gasteiger partial charge in [-0.2, -0.15) is 0 Å². The highest BCUT2D eigenvalue weighted by atomic mass is 16.6. The molecule has 0 aliphatic heterocycles. The topological polar surface area (TPSA) is 139 Å². The lowest BCUT2D eigenvalue weighted by atomic mass is 9.86. The molecule has 0 spiro atoms. The van der Waals surface area contributed by atoms with Crippen molar-refractivity contribution in [1.82, 2.24) is 30.4 Å². The highest BCUT2D eigenvalue weighted by Gasteiger charge is 2.28. The maximum Gasteiger partial charge on any atom is 0.253 e. The molecule has 2 fully saturated rings. The van der Waals surface area contributed by atoms with E-state index in [4.69, 9.17) is 0 Å². The van der Waals surface area contributed by atoms with Crippen LogP contribution < -0.4 is 0 Å². The number of hydrogen-bond donors (Lipinski definition) is 1. The van der Waals surface area contributed by atoms with Crippen molar-refractivity contribution in [1.29, 1.82) is 0 Å². The van der Waals surface area contributed by atoms with Gasteiger partial charge in [-0.25, -0.2) is 9.26 Å². The minimum Gasteiger partial charge on any atom is -0.393 e. The van der Waals surface area contributed by atoms with E-state index in [1.807, 2.05) is 11.9 Å². The number of aliphatic hydroxyl groups is 1. The zero-order valence-corrected chi connectivity index (χ0v) is 23.2. The summed E-state index contributed by atoms with van der Waals surface area (Å²) in [6, 6.07) is 10.9. The van der Waals surface area contributed by atoms with E-state index in [-0.39, 0.29) is 24.0 Å². The van der Waals surface area contributed by atoms with Crippen molar-refractivity contribution < 1.29 is 24.0 Å². The van der Waals surface area contributed by atoms with Crippen LogP contribution in [0.2, 0.25) is 0 Å². The molecular weight excluding hydrogens is 512 g/mol. The van der Waals surface area contributed by atoms with Crippen molar-refractivity contribution in [2.45, 2.75) is 76.5 Å². The summed E-state index contributed by atoms with van der Waals surface area (Å²) in [6.07, 6.45) is 7.74. The second-order valence-electron chi connectivity index (χ2n) is 11.2. The quantitative estimate of drug-likeness (QED) is 0.391. The summed E-state index contributed by atoms with van der Waals surface area (Å²) in [5.41, 5.74) is 3.73. The Morgan fingerprint density at radius 2 is 1.20 bits per heavy atom. The molecule has 2 aliphatic carbocycles. The fraction of sp³-hybridized carbons (Fsp3) is 0.517. The normalized spacial score (nSPS) is 22.9. The number of carbonyl (C=O) groups is 2. The van der Waals surface area contributed by atoms with Gasteiger partial charge in [-0.05, 0) is 101 Å². The lowest BCUT2D eigenvalue weighted by Crippen LogP contribution is -2.41. The van der Waals surface area contributed by atoms with Crippen molar-refractivity contribution in [3.05, 3.63) is 47.5 Å². The van der Waals surface area contributed by atoms with Crippen LogP contribution in [0, 0.1) is 5.92 Å². The van der Waals surface area contributed by atoms with Gasteiger partial charge in [0, 0.05) is 37.3 Å². The Balaban J connectivity index is 0.000000161. The Bertz CT molecular complexity index is 1360. The van der Waals surface area contributed by atoms with Crippen LogP contribution in [0.25, 0.3) is 22.1 Å². The third-order valence-electron chi connectivity index (χ3n) is 8.27. The van der Waals surface area contributed by atoms with Crippen molar-refractivity contribution in [3.63, 3.8) is 0 Å². The molecule has 4 aromatic rings. The van der Waals surface area contributed by atoms with E-state index in [0.717, 1.165) is 32.1 Å². The van der Waals surface area contributed by atoms with Crippen LogP contribution in [-0.2, 0) is 0 Å². The molecule has 4 atom stereocenters. The molecule has 11 heteroatoms. The highest BCUT2D eigenvalue weighted by Crippen LogP contribution is 2.28. The maximum atomic E-state index is 12.6. The molecule has 6 rings (SSSR count). The molecule has 0 unspecified atom stereocenters. The fourth-order valence-corrected chi connectivity index (χ4v) is 5.81. The number of aromatic nitrogens is 4. The van der Waals surface area contributed by atoms with Crippen LogP contribution in [0.5, 0.6) is 0 Å². The number of hydrogen-bond acceptors (Lipinski definition) is 9. The van der Waals surface area contributed by atoms with Crippen molar-refractivity contribution in [3.8, 4) is 0 Å². The molecule has 2 saturated carbocycles. The van der Waals surface area contributed by atoms with Gasteiger partial charge in [0.05, 0.1) is 6.10 Å². The van der Waals surface area contributed by atoms with Crippen molar-refractivity contribution in [2.24, 2.45) is 5.92 Å². The zero-order chi connectivity index (χ0) is 28.2. The molecule has 0 bridgehead atoms. The van der Waals surface area contributed by atoms with Gasteiger partial charge in [0.2, 0.25) is 0 Å². The van der Waals surface area contributed by atoms with Crippen molar-refractivity contribution >= 4 is 33.9 Å². The van der Waals surface area contributed by atoms with E-state index in [9.17, 15) is 14.7 Å². The number of nitrogens with zero attached hydrogens (tertiary/aromatic N) is 6. The first-order valence-electron chi connectivity index (χ1n) is 14.0. The monoisotopic (exact) mass is 548 g/mol.